The van der Waals surface area contributed by atoms with Crippen molar-refractivity contribution in [2.45, 2.75) is 89.0 Å². The molecule has 0 radical (unpaired) electrons. The van der Waals surface area contributed by atoms with E-state index in [-0.39, 0.29) is 25.2 Å². The maximum atomic E-state index is 14.0. The monoisotopic (exact) mass is 759 g/mol. The van der Waals surface area contributed by atoms with Crippen molar-refractivity contribution in [2.24, 2.45) is 5.92 Å². The molecule has 3 aliphatic heterocycles. The summed E-state index contributed by atoms with van der Waals surface area (Å²) in [6.07, 6.45) is 1.64. The van der Waals surface area contributed by atoms with Crippen molar-refractivity contribution in [3.05, 3.63) is 74.8 Å². The molecule has 2 aromatic rings. The third kappa shape index (κ3) is 7.99. The van der Waals surface area contributed by atoms with Crippen LogP contribution in [0.5, 0.6) is 0 Å². The van der Waals surface area contributed by atoms with Gasteiger partial charge in [0.1, 0.15) is 29.5 Å². The molecule has 4 N–H and O–H groups in total. The number of nitrogen functional groups attached to an aromatic ring is 1. The summed E-state index contributed by atoms with van der Waals surface area (Å²) in [5, 5.41) is 14.9. The number of fused-ring (bicyclic) bond motifs is 5. The summed E-state index contributed by atoms with van der Waals surface area (Å²) in [6, 6.07) is 8.74. The fourth-order valence-corrected chi connectivity index (χ4v) is 7.39. The molecule has 2 saturated heterocycles. The Morgan fingerprint density at radius 2 is 1.96 bits per heavy atom. The smallest absolute Gasteiger partial charge is 0.412 e. The molecule has 2 aromatic carbocycles. The Kier molecular flexibility index (Phi) is 10.9. The van der Waals surface area contributed by atoms with Gasteiger partial charge >= 0.3 is 12.1 Å². The van der Waals surface area contributed by atoms with E-state index in [9.17, 15) is 19.5 Å². The van der Waals surface area contributed by atoms with Crippen molar-refractivity contribution in [3.8, 4) is 0 Å². The predicted molar refractivity (Wildman–Crippen MR) is 191 cm³/mol. The lowest BCUT2D eigenvalue weighted by Gasteiger charge is -2.41. The van der Waals surface area contributed by atoms with Gasteiger partial charge in [0.15, 0.2) is 0 Å². The lowest BCUT2D eigenvalue weighted by molar-refractivity contribution is -0.187. The van der Waals surface area contributed by atoms with Gasteiger partial charge in [0.05, 0.1) is 29.7 Å². The highest BCUT2D eigenvalue weighted by Gasteiger charge is 2.64. The van der Waals surface area contributed by atoms with E-state index in [1.807, 2.05) is 45.1 Å². The number of methoxy groups -OCH3 is 1. The molecule has 49 heavy (non-hydrogen) atoms. The van der Waals surface area contributed by atoms with Crippen LogP contribution in [0, 0.1) is 12.8 Å². The number of benzene rings is 2. The number of nitrogens with zero attached hydrogens (tertiary/aromatic N) is 1. The van der Waals surface area contributed by atoms with Crippen LogP contribution in [0.4, 0.5) is 21.9 Å². The first kappa shape index (κ1) is 36.9. The molecule has 0 unspecified atom stereocenters. The third-order valence-corrected chi connectivity index (χ3v) is 10.9. The number of hydrogen-bond donors (Lipinski definition) is 3. The minimum absolute atomic E-state index is 0.0880. The molecule has 3 aliphatic rings. The van der Waals surface area contributed by atoms with E-state index in [1.54, 1.807) is 38.2 Å². The van der Waals surface area contributed by atoms with Crippen LogP contribution in [0.25, 0.3) is 0 Å². The van der Waals surface area contributed by atoms with Gasteiger partial charge in [-0.15, -0.1) is 0 Å². The molecule has 2 fully saturated rings. The first-order valence-electron chi connectivity index (χ1n) is 16.1. The Labute approximate surface area is 299 Å². The molecule has 264 valence electrons. The average molecular weight is 761 g/mol. The summed E-state index contributed by atoms with van der Waals surface area (Å²) in [5.41, 5.74) is 7.40. The van der Waals surface area contributed by atoms with E-state index in [1.165, 1.54) is 12.0 Å². The molecule has 0 spiro atoms. The number of aryl methyl sites for hydroxylation is 1. The maximum Gasteiger partial charge on any atom is 0.412 e. The fourth-order valence-electron chi connectivity index (χ4n) is 6.78. The molecular weight excluding hydrogens is 718 g/mol. The molecule has 13 heteroatoms. The number of rotatable bonds is 3. The van der Waals surface area contributed by atoms with Crippen LogP contribution in [0.1, 0.15) is 51.2 Å². The van der Waals surface area contributed by atoms with E-state index in [2.05, 4.69) is 21.2 Å². The number of allylic oxidation sites excluding steroid dienone is 3. The Morgan fingerprint density at radius 3 is 2.65 bits per heavy atom. The summed E-state index contributed by atoms with van der Waals surface area (Å²) in [7, 11) is 3.12. The summed E-state index contributed by atoms with van der Waals surface area (Å²) in [6.45, 7) is 7.45. The van der Waals surface area contributed by atoms with Gasteiger partial charge in [-0.05, 0) is 78.5 Å². The number of esters is 1. The normalized spacial score (nSPS) is 32.3. The predicted octanol–water partition coefficient (Wildman–Crippen LogP) is 6.27. The zero-order chi connectivity index (χ0) is 35.8. The Balaban J connectivity index is 1.52. The number of epoxide rings is 1. The summed E-state index contributed by atoms with van der Waals surface area (Å²) >= 11 is 10.1. The van der Waals surface area contributed by atoms with Crippen LogP contribution in [-0.4, -0.2) is 72.9 Å². The third-order valence-electron chi connectivity index (χ3n) is 9.70. The number of nitrogens with one attached hydrogen (secondary N) is 1. The zero-order valence-electron chi connectivity index (χ0n) is 28.4. The van der Waals surface area contributed by atoms with Crippen LogP contribution >= 0.6 is 27.5 Å². The van der Waals surface area contributed by atoms with Crippen molar-refractivity contribution in [1.29, 1.82) is 0 Å². The van der Waals surface area contributed by atoms with Gasteiger partial charge in [0, 0.05) is 42.3 Å². The van der Waals surface area contributed by atoms with Gasteiger partial charge in [0.2, 0.25) is 5.91 Å². The van der Waals surface area contributed by atoms with Gasteiger partial charge in [-0.3, -0.25) is 14.9 Å². The summed E-state index contributed by atoms with van der Waals surface area (Å²) in [5.74, 6) is -1.37. The Bertz CT molecular complexity index is 1700. The largest absolute Gasteiger partial charge is 0.462 e. The topological polar surface area (TPSA) is 153 Å². The molecule has 2 amide bonds. The van der Waals surface area contributed by atoms with Crippen LogP contribution < -0.4 is 16.0 Å². The van der Waals surface area contributed by atoms with E-state index >= 15 is 0 Å². The van der Waals surface area contributed by atoms with Crippen molar-refractivity contribution < 1.29 is 38.4 Å². The highest BCUT2D eigenvalue weighted by molar-refractivity contribution is 9.10. The molecule has 11 nitrogen and oxygen atoms in total. The van der Waals surface area contributed by atoms with E-state index in [4.69, 9.17) is 36.3 Å². The molecular formula is C36H43BrClN3O8. The zero-order valence-corrected chi connectivity index (χ0v) is 30.8. The van der Waals surface area contributed by atoms with Crippen LogP contribution in [0.15, 0.2) is 58.6 Å². The van der Waals surface area contributed by atoms with Gasteiger partial charge in [-0.1, -0.05) is 48.4 Å². The first-order valence-corrected chi connectivity index (χ1v) is 17.3. The highest BCUT2D eigenvalue weighted by atomic mass is 79.9. The minimum atomic E-state index is -1.54. The number of aliphatic hydroxyl groups is 1. The van der Waals surface area contributed by atoms with Crippen LogP contribution in [0.2, 0.25) is 5.02 Å². The van der Waals surface area contributed by atoms with Crippen molar-refractivity contribution in [2.75, 3.05) is 30.1 Å². The minimum Gasteiger partial charge on any atom is -0.462 e. The maximum absolute atomic E-state index is 14.0. The number of carbonyl (C=O) groups is 3. The van der Waals surface area contributed by atoms with E-state index in [0.29, 0.717) is 33.0 Å². The number of halogens is 2. The first-order chi connectivity index (χ1) is 23.0. The molecule has 3 heterocycles. The van der Waals surface area contributed by atoms with E-state index < -0.39 is 53.6 Å². The SMILES string of the molecule is CO[C@@H]1/C=C/C=C(\C)Cc2cc(C)c(Cl)c(c2)N(C)C(=O)C[C@H](OC(=O)Nc2ccc(N)c(Br)c2)[C@]2(C)O[C@H]2[C@H](C)[C@@H]2C[C@@]1(O)CC(=O)O2. The number of nitrogens with two attached hydrogens (primary N) is 1. The Hall–Kier alpha value is -3.42. The van der Waals surface area contributed by atoms with Gasteiger partial charge < -0.3 is 34.7 Å². The van der Waals surface area contributed by atoms with Gasteiger partial charge in [-0.25, -0.2) is 4.79 Å². The molecule has 7 atom stereocenters. The second kappa shape index (κ2) is 14.4. The van der Waals surface area contributed by atoms with E-state index in [0.717, 1.165) is 16.7 Å². The quantitative estimate of drug-likeness (QED) is 0.187. The van der Waals surface area contributed by atoms with Crippen molar-refractivity contribution in [3.63, 3.8) is 0 Å². The second-order valence-electron chi connectivity index (χ2n) is 13.5. The van der Waals surface area contributed by atoms with Crippen LogP contribution in [-0.2, 0) is 35.0 Å². The molecule has 0 saturated carbocycles. The summed E-state index contributed by atoms with van der Waals surface area (Å²) < 4.78 is 24.2. The standard InChI is InChI=1S/C36H43BrClN3O8/c1-19-8-7-9-28(46-6)36(45)17-27(47-31(43)18-36)21(3)33-35(4,49-33)29(48-34(44)40-23-10-11-25(39)24(37)15-23)16-30(42)41(5)26-14-22(12-19)13-20(2)32(26)38/h7-11,13-15,21,27-29,33,45H,12,16-18,39H2,1-6H3,(H,40,44)/b9-7+,19-8+/t21-,27+,28-,29+,33+,35+,36-/m1/s1. The number of amides is 2. The number of ether oxygens (including phenoxy) is 4. The van der Waals surface area contributed by atoms with Crippen molar-refractivity contribution >= 4 is 62.6 Å². The fraction of sp³-hybridized carbons (Fsp3) is 0.472. The summed E-state index contributed by atoms with van der Waals surface area (Å²) in [4.78, 5) is 41.6. The highest BCUT2D eigenvalue weighted by Crippen LogP contribution is 2.49. The lowest BCUT2D eigenvalue weighted by Crippen LogP contribution is -2.53. The number of carbonyl (C=O) groups excluding carboxylic acids is 3. The number of anilines is 3. The number of hydrogen-bond acceptors (Lipinski definition) is 9. The lowest BCUT2D eigenvalue weighted by atomic mass is 9.78. The van der Waals surface area contributed by atoms with Crippen molar-refractivity contribution in [1.82, 2.24) is 0 Å². The Morgan fingerprint density at radius 1 is 1.22 bits per heavy atom. The molecule has 5 rings (SSSR count). The second-order valence-corrected chi connectivity index (χ2v) is 14.7. The molecule has 0 aliphatic carbocycles. The van der Waals surface area contributed by atoms with Gasteiger partial charge in [-0.2, -0.15) is 0 Å². The van der Waals surface area contributed by atoms with Gasteiger partial charge in [0.25, 0.3) is 0 Å². The molecule has 0 aromatic heterocycles. The van der Waals surface area contributed by atoms with Crippen LogP contribution in [0.3, 0.4) is 0 Å². The molecule has 4 bridgehead atoms. The average Bonchev–Trinajstić information content (AvgIpc) is 3.73.